The van der Waals surface area contributed by atoms with Crippen molar-refractivity contribution in [2.75, 3.05) is 18.6 Å². The van der Waals surface area contributed by atoms with Crippen LogP contribution in [-0.2, 0) is 15.4 Å². The molecule has 0 spiro atoms. The first-order chi connectivity index (χ1) is 10.9. The van der Waals surface area contributed by atoms with Gasteiger partial charge in [-0.3, -0.25) is 0 Å². The predicted octanol–water partition coefficient (Wildman–Crippen LogP) is 2.28. The number of rotatable bonds is 3. The summed E-state index contributed by atoms with van der Waals surface area (Å²) in [6.07, 6.45) is 4.58. The number of hydrogen-bond donors (Lipinski definition) is 1. The van der Waals surface area contributed by atoms with Gasteiger partial charge in [-0.05, 0) is 24.8 Å². The van der Waals surface area contributed by atoms with E-state index >= 15 is 0 Å². The molecule has 2 amide bonds. The Labute approximate surface area is 138 Å². The van der Waals surface area contributed by atoms with E-state index in [4.69, 9.17) is 0 Å². The number of urea groups is 1. The van der Waals surface area contributed by atoms with Gasteiger partial charge in [0.05, 0.1) is 17.0 Å². The van der Waals surface area contributed by atoms with Gasteiger partial charge >= 0.3 is 6.03 Å². The average molecular weight is 336 g/mol. The molecule has 1 atom stereocenters. The molecule has 2 aliphatic rings. The largest absolute Gasteiger partial charge is 0.328 e. The Kier molecular flexibility index (Phi) is 4.36. The van der Waals surface area contributed by atoms with Crippen LogP contribution in [0.4, 0.5) is 4.79 Å². The van der Waals surface area contributed by atoms with Crippen LogP contribution in [0.15, 0.2) is 30.3 Å². The molecule has 6 heteroatoms. The summed E-state index contributed by atoms with van der Waals surface area (Å²) < 4.78 is 23.3. The number of sulfone groups is 1. The van der Waals surface area contributed by atoms with E-state index in [2.05, 4.69) is 17.4 Å². The molecule has 3 rings (SSSR count). The Morgan fingerprint density at radius 1 is 1.22 bits per heavy atom. The summed E-state index contributed by atoms with van der Waals surface area (Å²) in [7, 11) is -1.29. The average Bonchev–Trinajstić information content (AvgIpc) is 3.14. The van der Waals surface area contributed by atoms with E-state index < -0.39 is 9.84 Å². The van der Waals surface area contributed by atoms with Gasteiger partial charge in [0.15, 0.2) is 9.84 Å². The number of nitrogens with zero attached hydrogens (tertiary/aromatic N) is 1. The maximum atomic E-state index is 12.7. The van der Waals surface area contributed by atoms with Crippen molar-refractivity contribution in [2.24, 2.45) is 0 Å². The quantitative estimate of drug-likeness (QED) is 0.921. The standard InChI is InChI=1S/C17H24N2O3S/c1-19(15-9-12-23(21,22)13-15)16(20)18-17(10-5-6-11-17)14-7-3-2-4-8-14/h2-4,7-8,15H,5-6,9-13H2,1H3,(H,18,20). The highest BCUT2D eigenvalue weighted by Gasteiger charge is 2.39. The summed E-state index contributed by atoms with van der Waals surface area (Å²) in [5.41, 5.74) is 0.822. The first kappa shape index (κ1) is 16.3. The molecule has 1 aliphatic heterocycles. The van der Waals surface area contributed by atoms with Crippen LogP contribution in [0.1, 0.15) is 37.7 Å². The van der Waals surface area contributed by atoms with Gasteiger partial charge in [0, 0.05) is 13.1 Å². The lowest BCUT2D eigenvalue weighted by atomic mass is 9.88. The van der Waals surface area contributed by atoms with Crippen LogP contribution >= 0.6 is 0 Å². The van der Waals surface area contributed by atoms with Gasteiger partial charge < -0.3 is 10.2 Å². The van der Waals surface area contributed by atoms with E-state index in [0.717, 1.165) is 31.2 Å². The zero-order chi connectivity index (χ0) is 16.5. The molecule has 1 saturated heterocycles. The molecule has 1 heterocycles. The van der Waals surface area contributed by atoms with E-state index in [1.54, 1.807) is 11.9 Å². The minimum atomic E-state index is -2.99. The van der Waals surface area contributed by atoms with Gasteiger partial charge in [-0.2, -0.15) is 0 Å². The Bertz CT molecular complexity index is 666. The third-order valence-corrected chi connectivity index (χ3v) is 6.96. The van der Waals surface area contributed by atoms with Crippen molar-refractivity contribution in [2.45, 2.75) is 43.7 Å². The second-order valence-corrected chi connectivity index (χ2v) is 8.98. The van der Waals surface area contributed by atoms with Gasteiger partial charge in [-0.1, -0.05) is 43.2 Å². The molecule has 1 unspecified atom stereocenters. The summed E-state index contributed by atoms with van der Waals surface area (Å²) in [6.45, 7) is 0. The van der Waals surface area contributed by atoms with Crippen LogP contribution in [0.3, 0.4) is 0 Å². The minimum absolute atomic E-state index is 0.0786. The molecule has 1 aromatic carbocycles. The van der Waals surface area contributed by atoms with Crippen molar-refractivity contribution in [3.63, 3.8) is 0 Å². The summed E-state index contributed by atoms with van der Waals surface area (Å²) >= 11 is 0. The zero-order valence-corrected chi connectivity index (χ0v) is 14.3. The van der Waals surface area contributed by atoms with E-state index in [0.29, 0.717) is 6.42 Å². The predicted molar refractivity (Wildman–Crippen MR) is 89.9 cm³/mol. The van der Waals surface area contributed by atoms with Gasteiger partial charge in [0.1, 0.15) is 0 Å². The molecule has 0 aromatic heterocycles. The van der Waals surface area contributed by atoms with Crippen molar-refractivity contribution in [3.8, 4) is 0 Å². The van der Waals surface area contributed by atoms with Crippen molar-refractivity contribution in [3.05, 3.63) is 35.9 Å². The molecule has 0 radical (unpaired) electrons. The number of nitrogens with one attached hydrogen (secondary N) is 1. The number of carbonyl (C=O) groups is 1. The highest BCUT2D eigenvalue weighted by Crippen LogP contribution is 2.38. The third kappa shape index (κ3) is 3.37. The van der Waals surface area contributed by atoms with Gasteiger partial charge in [-0.15, -0.1) is 0 Å². The minimum Gasteiger partial charge on any atom is -0.328 e. The molecule has 0 bridgehead atoms. The molecule has 1 aromatic rings. The monoisotopic (exact) mass is 336 g/mol. The summed E-state index contributed by atoms with van der Waals surface area (Å²) in [4.78, 5) is 14.3. The second-order valence-electron chi connectivity index (χ2n) is 6.75. The fourth-order valence-electron chi connectivity index (χ4n) is 3.76. The van der Waals surface area contributed by atoms with Crippen LogP contribution in [0.5, 0.6) is 0 Å². The molecule has 1 saturated carbocycles. The van der Waals surface area contributed by atoms with Gasteiger partial charge in [0.2, 0.25) is 0 Å². The van der Waals surface area contributed by atoms with Crippen molar-refractivity contribution in [1.29, 1.82) is 0 Å². The Morgan fingerprint density at radius 3 is 2.43 bits per heavy atom. The first-order valence-corrected chi connectivity index (χ1v) is 10.0. The molecule has 5 nitrogen and oxygen atoms in total. The van der Waals surface area contributed by atoms with Crippen molar-refractivity contribution < 1.29 is 13.2 Å². The van der Waals surface area contributed by atoms with E-state index in [-0.39, 0.29) is 29.1 Å². The second kappa shape index (κ2) is 6.15. The molecule has 1 aliphatic carbocycles. The van der Waals surface area contributed by atoms with E-state index in [1.807, 2.05) is 18.2 Å². The maximum absolute atomic E-state index is 12.7. The van der Waals surface area contributed by atoms with Crippen LogP contribution in [0, 0.1) is 0 Å². The molecular weight excluding hydrogens is 312 g/mol. The number of carbonyl (C=O) groups excluding carboxylic acids is 1. The molecule has 126 valence electrons. The van der Waals surface area contributed by atoms with Gasteiger partial charge in [-0.25, -0.2) is 13.2 Å². The Balaban J connectivity index is 1.75. The van der Waals surface area contributed by atoms with Crippen molar-refractivity contribution >= 4 is 15.9 Å². The summed E-state index contributed by atoms with van der Waals surface area (Å²) in [6, 6.07) is 9.71. The normalized spacial score (nSPS) is 25.2. The van der Waals surface area contributed by atoms with E-state index in [1.165, 1.54) is 0 Å². The van der Waals surface area contributed by atoms with Crippen LogP contribution < -0.4 is 5.32 Å². The lowest BCUT2D eigenvalue weighted by Gasteiger charge is -2.34. The Hall–Kier alpha value is -1.56. The molecule has 2 fully saturated rings. The lowest BCUT2D eigenvalue weighted by Crippen LogP contribution is -2.52. The number of amides is 2. The highest BCUT2D eigenvalue weighted by atomic mass is 32.2. The zero-order valence-electron chi connectivity index (χ0n) is 13.5. The number of benzene rings is 1. The van der Waals surface area contributed by atoms with Crippen LogP contribution in [0.2, 0.25) is 0 Å². The maximum Gasteiger partial charge on any atom is 0.318 e. The smallest absolute Gasteiger partial charge is 0.318 e. The summed E-state index contributed by atoms with van der Waals surface area (Å²) in [5, 5.41) is 3.20. The third-order valence-electron chi connectivity index (χ3n) is 5.21. The van der Waals surface area contributed by atoms with E-state index in [9.17, 15) is 13.2 Å². The first-order valence-electron chi connectivity index (χ1n) is 8.23. The lowest BCUT2D eigenvalue weighted by molar-refractivity contribution is 0.179. The number of hydrogen-bond acceptors (Lipinski definition) is 3. The van der Waals surface area contributed by atoms with Gasteiger partial charge in [0.25, 0.3) is 0 Å². The van der Waals surface area contributed by atoms with Crippen LogP contribution in [-0.4, -0.2) is 43.9 Å². The fourth-order valence-corrected chi connectivity index (χ4v) is 5.54. The SMILES string of the molecule is CN(C(=O)NC1(c2ccccc2)CCCC1)C1CCS(=O)(=O)C1. The molecular formula is C17H24N2O3S. The molecule has 23 heavy (non-hydrogen) atoms. The van der Waals surface area contributed by atoms with Crippen LogP contribution in [0.25, 0.3) is 0 Å². The topological polar surface area (TPSA) is 66.5 Å². The summed E-state index contributed by atoms with van der Waals surface area (Å²) in [5.74, 6) is 0.258. The molecule has 1 N–H and O–H groups in total. The van der Waals surface area contributed by atoms with Crippen molar-refractivity contribution in [1.82, 2.24) is 10.2 Å². The Morgan fingerprint density at radius 2 is 1.87 bits per heavy atom. The highest BCUT2D eigenvalue weighted by molar-refractivity contribution is 7.91. The fraction of sp³-hybridized carbons (Fsp3) is 0.588.